The number of carbonyl (C=O) groups excluding carboxylic acids is 2. The number of carbonyl (C=O) groups is 2. The normalized spacial score (nSPS) is 22.4. The number of likely N-dealkylation sites (tertiary alicyclic amines) is 1. The molecule has 0 spiro atoms. The highest BCUT2D eigenvalue weighted by atomic mass is 19.1. The molecule has 286 valence electrons. The molecule has 56 heavy (non-hydrogen) atoms. The smallest absolute Gasteiger partial charge is 0.245 e. The van der Waals surface area contributed by atoms with Crippen LogP contribution in [0.15, 0.2) is 48.8 Å². The Balaban J connectivity index is 1.09. The molecular weight excluding hydrogens is 728 g/mol. The van der Waals surface area contributed by atoms with Crippen molar-refractivity contribution in [3.05, 3.63) is 72.1 Å². The quantitative estimate of drug-likeness (QED) is 0.282. The summed E-state index contributed by atoms with van der Waals surface area (Å²) in [6.07, 6.45) is 4.72. The molecule has 4 aromatic heterocycles. The molecule has 15 nitrogen and oxygen atoms in total. The van der Waals surface area contributed by atoms with Crippen molar-refractivity contribution in [2.45, 2.75) is 56.9 Å². The van der Waals surface area contributed by atoms with Crippen LogP contribution in [0.3, 0.4) is 0 Å². The van der Waals surface area contributed by atoms with E-state index in [4.69, 9.17) is 15.0 Å². The zero-order valence-corrected chi connectivity index (χ0v) is 30.7. The van der Waals surface area contributed by atoms with E-state index in [1.807, 2.05) is 21.3 Å². The molecule has 0 saturated carbocycles. The molecule has 0 aliphatic carbocycles. The Morgan fingerprint density at radius 1 is 0.857 bits per heavy atom. The number of nitrogens with one attached hydrogen (secondary N) is 1. The van der Waals surface area contributed by atoms with Gasteiger partial charge in [-0.25, -0.2) is 32.8 Å². The summed E-state index contributed by atoms with van der Waals surface area (Å²) < 4.78 is 47.6. The van der Waals surface area contributed by atoms with Gasteiger partial charge in [0.1, 0.15) is 41.0 Å². The zero-order valence-electron chi connectivity index (χ0n) is 30.7. The van der Waals surface area contributed by atoms with Crippen LogP contribution in [-0.2, 0) is 16.1 Å². The summed E-state index contributed by atoms with van der Waals surface area (Å²) in [5.74, 6) is -0.538. The molecule has 18 heteroatoms. The van der Waals surface area contributed by atoms with Gasteiger partial charge in [-0.2, -0.15) is 15.1 Å². The van der Waals surface area contributed by atoms with E-state index < -0.39 is 29.5 Å². The number of rotatable bonds is 3. The second kappa shape index (κ2) is 12.6. The number of hydrogen-bond donors (Lipinski definition) is 1. The molecule has 0 unspecified atom stereocenters. The molecule has 3 saturated heterocycles. The molecule has 2 aromatic carbocycles. The summed E-state index contributed by atoms with van der Waals surface area (Å²) in [7, 11) is 3.53. The van der Waals surface area contributed by atoms with Gasteiger partial charge in [0.25, 0.3) is 0 Å². The van der Waals surface area contributed by atoms with Gasteiger partial charge >= 0.3 is 0 Å². The number of piperidine rings is 1. The van der Waals surface area contributed by atoms with Crippen molar-refractivity contribution < 1.29 is 22.8 Å². The monoisotopic (exact) mass is 763 g/mol. The Bertz CT molecular complexity index is 2610. The number of likely N-dealkylation sites (N-methyl/N-ethyl adjacent to an activating group) is 2. The molecule has 1 N–H and O–H groups in total. The van der Waals surface area contributed by atoms with Crippen molar-refractivity contribution in [3.63, 3.8) is 0 Å². The van der Waals surface area contributed by atoms with Crippen LogP contribution < -0.4 is 15.1 Å². The van der Waals surface area contributed by atoms with Crippen molar-refractivity contribution in [3.8, 4) is 16.9 Å². The molecule has 10 rings (SSSR count). The lowest BCUT2D eigenvalue weighted by molar-refractivity contribution is -0.138. The minimum atomic E-state index is -0.832. The summed E-state index contributed by atoms with van der Waals surface area (Å²) in [5.41, 5.74) is 2.61. The number of benzene rings is 2. The SMILES string of the molecule is Cc1nc2cc(F)cc3c2n1CCCN(C)C(=O)[C@@H]1C[C@@H](CN1c1nc(N2[C@@H]4C[C@H]2C(=O)N(C)C4)nc2c1cnn2-c1ccc(F)cc1F)Nc1nccc-3n1. The Morgan fingerprint density at radius 2 is 1.70 bits per heavy atom. The fraction of sp³-hybridized carbons (Fsp3) is 0.368. The van der Waals surface area contributed by atoms with Gasteiger partial charge in [0.05, 0.1) is 34.4 Å². The van der Waals surface area contributed by atoms with E-state index in [-0.39, 0.29) is 47.7 Å². The van der Waals surface area contributed by atoms with Crippen LogP contribution in [0.2, 0.25) is 0 Å². The van der Waals surface area contributed by atoms with Crippen molar-refractivity contribution >= 4 is 51.6 Å². The summed E-state index contributed by atoms with van der Waals surface area (Å²) >= 11 is 0. The average Bonchev–Trinajstić information content (AvgIpc) is 3.86. The predicted molar refractivity (Wildman–Crippen MR) is 200 cm³/mol. The average molecular weight is 764 g/mol. The second-order valence-corrected chi connectivity index (χ2v) is 15.0. The maximum atomic E-state index is 15.3. The lowest BCUT2D eigenvalue weighted by Gasteiger charge is -2.54. The first-order valence-corrected chi connectivity index (χ1v) is 18.5. The highest BCUT2D eigenvalue weighted by molar-refractivity contribution is 5.95. The molecule has 3 fully saturated rings. The summed E-state index contributed by atoms with van der Waals surface area (Å²) in [4.78, 5) is 58.8. The lowest BCUT2D eigenvalue weighted by atomic mass is 9.87. The first-order valence-electron chi connectivity index (χ1n) is 18.5. The minimum absolute atomic E-state index is 0.0183. The number of amides is 2. The third kappa shape index (κ3) is 5.32. The number of anilines is 3. The summed E-state index contributed by atoms with van der Waals surface area (Å²) in [5, 5.41) is 8.37. The number of hydrogen-bond acceptors (Lipinski definition) is 11. The van der Waals surface area contributed by atoms with Gasteiger partial charge in [-0.1, -0.05) is 0 Å². The molecule has 6 aromatic rings. The van der Waals surface area contributed by atoms with Crippen molar-refractivity contribution in [1.82, 2.24) is 49.1 Å². The van der Waals surface area contributed by atoms with Crippen molar-refractivity contribution in [1.29, 1.82) is 0 Å². The van der Waals surface area contributed by atoms with Crippen LogP contribution in [0.25, 0.3) is 39.0 Å². The fourth-order valence-electron chi connectivity index (χ4n) is 8.81. The second-order valence-electron chi connectivity index (χ2n) is 15.0. The standard InChI is InChI=1S/C38H36F3N13O2/c1-19-44-28-13-21(40)11-24-27-7-8-42-37(46-27)45-22-14-30(35(55)49(2)9-4-10-51(19)32(24)28)52(17-22)33-25-16-43-54(29-6-5-20(39)12-26(29)41)34(25)48-38(47-33)53-23-15-31(53)36(56)50(3)18-23/h5-8,11-13,16,22-23,30-31H,4,9-10,14-15,17-18H2,1-3H3,(H,42,45,46)/t22-,23+,30-,31-/m0/s1. The van der Waals surface area contributed by atoms with Crippen molar-refractivity contribution in [2.75, 3.05) is 48.8 Å². The zero-order chi connectivity index (χ0) is 38.6. The molecule has 6 bridgehead atoms. The Morgan fingerprint density at radius 3 is 2.52 bits per heavy atom. The first kappa shape index (κ1) is 34.2. The predicted octanol–water partition coefficient (Wildman–Crippen LogP) is 3.69. The third-order valence-electron chi connectivity index (χ3n) is 11.5. The maximum Gasteiger partial charge on any atom is 0.245 e. The van der Waals surface area contributed by atoms with Crippen LogP contribution in [0.4, 0.5) is 30.9 Å². The van der Waals surface area contributed by atoms with Crippen LogP contribution in [0.5, 0.6) is 0 Å². The van der Waals surface area contributed by atoms with Crippen LogP contribution in [-0.4, -0.2) is 119 Å². The Kier molecular flexibility index (Phi) is 7.69. The highest BCUT2D eigenvalue weighted by Crippen LogP contribution is 2.40. The first-order chi connectivity index (χ1) is 27.0. The van der Waals surface area contributed by atoms with E-state index in [1.165, 1.54) is 29.1 Å². The van der Waals surface area contributed by atoms with Gasteiger partial charge in [-0.3, -0.25) is 9.59 Å². The summed E-state index contributed by atoms with van der Waals surface area (Å²) in [6, 6.07) is 6.26. The number of aryl methyl sites for hydroxylation is 2. The number of nitrogens with zero attached hydrogens (tertiary/aromatic N) is 12. The number of imidazole rings is 1. The van der Waals surface area contributed by atoms with Gasteiger partial charge in [-0.15, -0.1) is 0 Å². The number of aromatic nitrogens is 8. The van der Waals surface area contributed by atoms with Crippen LogP contribution in [0, 0.1) is 24.4 Å². The minimum Gasteiger partial charge on any atom is -0.350 e. The topological polar surface area (TPSA) is 146 Å². The number of fused-ring (bicyclic) bond motifs is 8. The van der Waals surface area contributed by atoms with Gasteiger partial charge in [-0.05, 0) is 50.5 Å². The van der Waals surface area contributed by atoms with E-state index in [0.717, 1.165) is 17.6 Å². The van der Waals surface area contributed by atoms with Gasteiger partial charge < -0.3 is 29.5 Å². The van der Waals surface area contributed by atoms with Crippen LogP contribution in [0.1, 0.15) is 25.1 Å². The van der Waals surface area contributed by atoms with Gasteiger partial charge in [0, 0.05) is 70.2 Å². The number of piperazine rings is 1. The molecule has 4 atom stereocenters. The molecule has 2 amide bonds. The highest BCUT2D eigenvalue weighted by Gasteiger charge is 2.51. The molecule has 8 heterocycles. The van der Waals surface area contributed by atoms with E-state index >= 15 is 4.39 Å². The third-order valence-corrected chi connectivity index (χ3v) is 11.5. The number of halogens is 3. The van der Waals surface area contributed by atoms with E-state index in [9.17, 15) is 18.4 Å². The van der Waals surface area contributed by atoms with Crippen molar-refractivity contribution in [2.24, 2.45) is 0 Å². The molecular formula is C38H36F3N13O2. The molecule has 4 aliphatic rings. The Labute approximate surface area is 317 Å². The molecule has 4 aliphatic heterocycles. The maximum absolute atomic E-state index is 15.3. The summed E-state index contributed by atoms with van der Waals surface area (Å²) in [6.45, 7) is 3.58. The van der Waals surface area contributed by atoms with Crippen LogP contribution >= 0.6 is 0 Å². The Hall–Kier alpha value is -6.33. The van der Waals surface area contributed by atoms with Gasteiger partial charge in [0.2, 0.25) is 23.7 Å². The van der Waals surface area contributed by atoms with E-state index in [2.05, 4.69) is 20.4 Å². The largest absolute Gasteiger partial charge is 0.350 e. The van der Waals surface area contributed by atoms with E-state index in [1.54, 1.807) is 36.2 Å². The van der Waals surface area contributed by atoms with E-state index in [0.29, 0.717) is 78.6 Å². The van der Waals surface area contributed by atoms with Gasteiger partial charge in [0.15, 0.2) is 11.5 Å². The lowest BCUT2D eigenvalue weighted by Crippen LogP contribution is -2.71. The molecule has 0 radical (unpaired) electrons. The fourth-order valence-corrected chi connectivity index (χ4v) is 8.81.